The van der Waals surface area contributed by atoms with E-state index in [1.54, 1.807) is 30.3 Å². The number of benzene rings is 4. The lowest BCUT2D eigenvalue weighted by molar-refractivity contribution is 0.0981. The van der Waals surface area contributed by atoms with E-state index in [0.29, 0.717) is 10.8 Å². The molecule has 0 atom stereocenters. The van der Waals surface area contributed by atoms with E-state index >= 15 is 0 Å². The van der Waals surface area contributed by atoms with Crippen LogP contribution in [0.15, 0.2) is 95.9 Å². The molecule has 0 spiro atoms. The number of thiocarbonyl (C=S) groups is 1. The molecule has 4 rings (SSSR count). The van der Waals surface area contributed by atoms with Crippen LogP contribution in [0.25, 0.3) is 10.8 Å². The standard InChI is InChI=1S/C25H21N3O3S2/c1-17-5-4-8-22(15-17)27-25(32)26-21-11-13-23(14-12-21)33(30,31)28-24(29)20-10-9-18-6-2-3-7-19(18)16-20/h2-16H,1H3,(H,28,29)(H2,26,27,32). The number of fused-ring (bicyclic) bond motifs is 1. The number of carbonyl (C=O) groups excluding carboxylic acids is 1. The van der Waals surface area contributed by atoms with E-state index in [1.165, 1.54) is 12.1 Å². The summed E-state index contributed by atoms with van der Waals surface area (Å²) in [5.41, 5.74) is 2.83. The van der Waals surface area contributed by atoms with E-state index in [2.05, 4.69) is 15.4 Å². The second-order valence-corrected chi connectivity index (χ2v) is 9.56. The van der Waals surface area contributed by atoms with Crippen molar-refractivity contribution in [2.75, 3.05) is 10.6 Å². The van der Waals surface area contributed by atoms with Gasteiger partial charge in [0, 0.05) is 16.9 Å². The monoisotopic (exact) mass is 475 g/mol. The highest BCUT2D eigenvalue weighted by Gasteiger charge is 2.19. The van der Waals surface area contributed by atoms with Gasteiger partial charge >= 0.3 is 0 Å². The van der Waals surface area contributed by atoms with Crippen molar-refractivity contribution in [2.24, 2.45) is 0 Å². The highest BCUT2D eigenvalue weighted by atomic mass is 32.2. The second kappa shape index (κ2) is 9.40. The molecule has 3 N–H and O–H groups in total. The van der Waals surface area contributed by atoms with Crippen LogP contribution in [0, 0.1) is 6.92 Å². The normalized spacial score (nSPS) is 11.1. The van der Waals surface area contributed by atoms with Crippen LogP contribution >= 0.6 is 12.2 Å². The van der Waals surface area contributed by atoms with Gasteiger partial charge in [-0.15, -0.1) is 0 Å². The van der Waals surface area contributed by atoms with Crippen LogP contribution < -0.4 is 15.4 Å². The van der Waals surface area contributed by atoms with Crippen molar-refractivity contribution in [2.45, 2.75) is 11.8 Å². The Morgan fingerprint density at radius 2 is 1.45 bits per heavy atom. The van der Waals surface area contributed by atoms with Gasteiger partial charge in [0.15, 0.2) is 5.11 Å². The third-order valence-electron chi connectivity index (χ3n) is 4.94. The fourth-order valence-corrected chi connectivity index (χ4v) is 4.51. The summed E-state index contributed by atoms with van der Waals surface area (Å²) < 4.78 is 27.5. The molecule has 0 bridgehead atoms. The molecule has 4 aromatic carbocycles. The van der Waals surface area contributed by atoms with E-state index in [4.69, 9.17) is 12.2 Å². The summed E-state index contributed by atoms with van der Waals surface area (Å²) in [7, 11) is -4.04. The molecular weight excluding hydrogens is 454 g/mol. The van der Waals surface area contributed by atoms with Gasteiger partial charge in [-0.2, -0.15) is 0 Å². The molecule has 0 aliphatic rings. The van der Waals surface area contributed by atoms with Crippen LogP contribution in [-0.4, -0.2) is 19.4 Å². The first kappa shape index (κ1) is 22.4. The number of carbonyl (C=O) groups is 1. The second-order valence-electron chi connectivity index (χ2n) is 7.47. The minimum Gasteiger partial charge on any atom is -0.332 e. The summed E-state index contributed by atoms with van der Waals surface area (Å²) in [5.74, 6) is -0.688. The van der Waals surface area contributed by atoms with Gasteiger partial charge in [-0.3, -0.25) is 4.79 Å². The average Bonchev–Trinajstić information content (AvgIpc) is 2.78. The third kappa shape index (κ3) is 5.54. The first-order chi connectivity index (χ1) is 15.8. The van der Waals surface area contributed by atoms with Crippen LogP contribution in [0.5, 0.6) is 0 Å². The third-order valence-corrected chi connectivity index (χ3v) is 6.49. The topological polar surface area (TPSA) is 87.3 Å². The molecule has 0 fully saturated rings. The molecule has 33 heavy (non-hydrogen) atoms. The van der Waals surface area contributed by atoms with E-state index in [-0.39, 0.29) is 10.5 Å². The van der Waals surface area contributed by atoms with Gasteiger partial charge in [0.05, 0.1) is 4.90 Å². The van der Waals surface area contributed by atoms with Gasteiger partial charge in [0.25, 0.3) is 15.9 Å². The maximum Gasteiger partial charge on any atom is 0.265 e. The largest absolute Gasteiger partial charge is 0.332 e. The summed E-state index contributed by atoms with van der Waals surface area (Å²) >= 11 is 5.31. The number of rotatable bonds is 5. The summed E-state index contributed by atoms with van der Waals surface area (Å²) in [6, 6.07) is 26.3. The van der Waals surface area contributed by atoms with E-state index in [1.807, 2.05) is 55.5 Å². The molecule has 0 radical (unpaired) electrons. The van der Waals surface area contributed by atoms with Crippen LogP contribution in [0.2, 0.25) is 0 Å². The van der Waals surface area contributed by atoms with Gasteiger partial charge < -0.3 is 10.6 Å². The molecule has 0 aromatic heterocycles. The van der Waals surface area contributed by atoms with Crippen molar-refractivity contribution in [1.29, 1.82) is 0 Å². The molecule has 0 saturated carbocycles. The predicted octanol–water partition coefficient (Wildman–Crippen LogP) is 5.08. The first-order valence-corrected chi connectivity index (χ1v) is 12.0. The molecule has 8 heteroatoms. The molecule has 1 amide bonds. The quantitative estimate of drug-likeness (QED) is 0.349. The smallest absolute Gasteiger partial charge is 0.265 e. The number of nitrogens with one attached hydrogen (secondary N) is 3. The Bertz CT molecular complexity index is 1450. The highest BCUT2D eigenvalue weighted by molar-refractivity contribution is 7.90. The minimum absolute atomic E-state index is 0.0280. The van der Waals surface area contributed by atoms with Gasteiger partial charge in [0.1, 0.15) is 0 Å². The number of hydrogen-bond acceptors (Lipinski definition) is 4. The predicted molar refractivity (Wildman–Crippen MR) is 136 cm³/mol. The molecule has 6 nitrogen and oxygen atoms in total. The van der Waals surface area contributed by atoms with Crippen LogP contribution in [0.3, 0.4) is 0 Å². The Kier molecular flexibility index (Phi) is 6.39. The van der Waals surface area contributed by atoms with Crippen LogP contribution in [0.4, 0.5) is 11.4 Å². The van der Waals surface area contributed by atoms with Crippen LogP contribution in [-0.2, 0) is 10.0 Å². The molecule has 0 aliphatic carbocycles. The van der Waals surface area contributed by atoms with Crippen molar-refractivity contribution in [3.05, 3.63) is 102 Å². The zero-order valence-electron chi connectivity index (χ0n) is 17.7. The Morgan fingerprint density at radius 1 is 0.758 bits per heavy atom. The van der Waals surface area contributed by atoms with Crippen molar-refractivity contribution in [3.63, 3.8) is 0 Å². The van der Waals surface area contributed by atoms with E-state index in [9.17, 15) is 13.2 Å². The van der Waals surface area contributed by atoms with Gasteiger partial charge in [0.2, 0.25) is 0 Å². The van der Waals surface area contributed by atoms with Crippen molar-refractivity contribution in [1.82, 2.24) is 4.72 Å². The number of sulfonamides is 1. The SMILES string of the molecule is Cc1cccc(NC(=S)Nc2ccc(S(=O)(=O)NC(=O)c3ccc4ccccc4c3)cc2)c1. The van der Waals surface area contributed by atoms with E-state index in [0.717, 1.165) is 22.0 Å². The summed E-state index contributed by atoms with van der Waals surface area (Å²) in [6.45, 7) is 1.99. The highest BCUT2D eigenvalue weighted by Crippen LogP contribution is 2.18. The van der Waals surface area contributed by atoms with Gasteiger partial charge in [-0.1, -0.05) is 42.5 Å². The fraction of sp³-hybridized carbons (Fsp3) is 0.0400. The zero-order valence-corrected chi connectivity index (χ0v) is 19.3. The number of anilines is 2. The number of hydrogen-bond donors (Lipinski definition) is 3. The number of aryl methyl sites for hydroxylation is 1. The Hall–Kier alpha value is -3.75. The number of amides is 1. The molecule has 0 heterocycles. The average molecular weight is 476 g/mol. The lowest BCUT2D eigenvalue weighted by atomic mass is 10.1. The molecule has 0 aliphatic heterocycles. The maximum absolute atomic E-state index is 12.7. The van der Waals surface area contributed by atoms with Gasteiger partial charge in [-0.05, 0) is 84.0 Å². The Labute approximate surface area is 197 Å². The molecule has 4 aromatic rings. The van der Waals surface area contributed by atoms with Crippen molar-refractivity contribution >= 4 is 55.4 Å². The fourth-order valence-electron chi connectivity index (χ4n) is 3.30. The van der Waals surface area contributed by atoms with Gasteiger partial charge in [-0.25, -0.2) is 13.1 Å². The maximum atomic E-state index is 12.7. The molecule has 0 unspecified atom stereocenters. The van der Waals surface area contributed by atoms with Crippen molar-refractivity contribution in [3.8, 4) is 0 Å². The Morgan fingerprint density at radius 3 is 2.18 bits per heavy atom. The minimum atomic E-state index is -4.04. The first-order valence-electron chi connectivity index (χ1n) is 10.1. The van der Waals surface area contributed by atoms with Crippen molar-refractivity contribution < 1.29 is 13.2 Å². The molecular formula is C25H21N3O3S2. The zero-order chi connectivity index (χ0) is 23.4. The van der Waals surface area contributed by atoms with E-state index < -0.39 is 15.9 Å². The summed E-state index contributed by atoms with van der Waals surface area (Å²) in [5, 5.41) is 8.29. The lowest BCUT2D eigenvalue weighted by Crippen LogP contribution is -2.30. The summed E-state index contributed by atoms with van der Waals surface area (Å²) in [6.07, 6.45) is 0. The Balaban J connectivity index is 1.42. The van der Waals surface area contributed by atoms with Crippen LogP contribution in [0.1, 0.15) is 15.9 Å². The molecule has 166 valence electrons. The lowest BCUT2D eigenvalue weighted by Gasteiger charge is -2.12. The summed E-state index contributed by atoms with van der Waals surface area (Å²) in [4.78, 5) is 12.5. The molecule has 0 saturated heterocycles.